The van der Waals surface area contributed by atoms with Crippen molar-refractivity contribution in [2.75, 3.05) is 13.7 Å². The Balaban J connectivity index is 2.64. The van der Waals surface area contributed by atoms with Gasteiger partial charge in [-0.05, 0) is 93.0 Å². The lowest BCUT2D eigenvalue weighted by atomic mass is 9.89. The number of nitrogens with zero attached hydrogens (tertiary/aromatic N) is 1. The van der Waals surface area contributed by atoms with E-state index >= 15 is 0 Å². The van der Waals surface area contributed by atoms with Gasteiger partial charge < -0.3 is 5.32 Å². The van der Waals surface area contributed by atoms with E-state index in [0.29, 0.717) is 12.6 Å². The third kappa shape index (κ3) is 7.90. The highest BCUT2D eigenvalue weighted by Gasteiger charge is 2.12. The zero-order valence-electron chi connectivity index (χ0n) is 19.6. The third-order valence-electron chi connectivity index (χ3n) is 5.69. The van der Waals surface area contributed by atoms with Crippen molar-refractivity contribution in [3.05, 3.63) is 75.6 Å². The molecule has 2 rings (SSSR count). The van der Waals surface area contributed by atoms with E-state index in [2.05, 4.69) is 57.3 Å². The van der Waals surface area contributed by atoms with Gasteiger partial charge in [-0.2, -0.15) is 0 Å². The molecule has 0 heterocycles. The molecule has 0 spiro atoms. The van der Waals surface area contributed by atoms with Gasteiger partial charge in [-0.25, -0.2) is 4.39 Å². The van der Waals surface area contributed by atoms with Crippen LogP contribution >= 0.6 is 11.6 Å². The number of nitrogens with one attached hydrogen (secondary N) is 1. The fourth-order valence-corrected chi connectivity index (χ4v) is 3.86. The highest BCUT2D eigenvalue weighted by Crippen LogP contribution is 2.31. The summed E-state index contributed by atoms with van der Waals surface area (Å²) in [4.78, 5) is 4.72. The quantitative estimate of drug-likeness (QED) is 0.406. The summed E-state index contributed by atoms with van der Waals surface area (Å²) >= 11 is 6.10. The number of benzene rings is 1. The predicted molar refractivity (Wildman–Crippen MR) is 134 cm³/mol. The van der Waals surface area contributed by atoms with E-state index in [1.807, 2.05) is 7.05 Å². The summed E-state index contributed by atoms with van der Waals surface area (Å²) in [7, 11) is 1.91. The van der Waals surface area contributed by atoms with Crippen molar-refractivity contribution in [1.29, 1.82) is 0 Å². The Labute approximate surface area is 192 Å². The van der Waals surface area contributed by atoms with Gasteiger partial charge in [0.25, 0.3) is 0 Å². The first-order valence-electron chi connectivity index (χ1n) is 11.3. The summed E-state index contributed by atoms with van der Waals surface area (Å²) < 4.78 is 13.8. The van der Waals surface area contributed by atoms with Crippen LogP contribution in [-0.2, 0) is 0 Å². The second-order valence-corrected chi connectivity index (χ2v) is 8.84. The van der Waals surface area contributed by atoms with Gasteiger partial charge in [-0.3, -0.25) is 4.99 Å². The van der Waals surface area contributed by atoms with Crippen molar-refractivity contribution in [1.82, 2.24) is 5.32 Å². The highest BCUT2D eigenvalue weighted by atomic mass is 35.5. The SMILES string of the molecule is CCC(C)C\C(C)=C/C(C1=C\C(=N\CNC)CCC/C=C\1)=C(\C)c1ccc(F)c(Cl)c1. The minimum atomic E-state index is -0.394. The maximum Gasteiger partial charge on any atom is 0.141 e. The second-order valence-electron chi connectivity index (χ2n) is 8.43. The zero-order chi connectivity index (χ0) is 22.8. The molecule has 1 aliphatic carbocycles. The molecule has 168 valence electrons. The van der Waals surface area contributed by atoms with Gasteiger partial charge >= 0.3 is 0 Å². The summed E-state index contributed by atoms with van der Waals surface area (Å²) in [6.07, 6.45) is 14.2. The van der Waals surface area contributed by atoms with Crippen molar-refractivity contribution in [3.63, 3.8) is 0 Å². The lowest BCUT2D eigenvalue weighted by Crippen LogP contribution is -2.09. The Morgan fingerprint density at radius 2 is 2.10 bits per heavy atom. The molecule has 0 saturated carbocycles. The van der Waals surface area contributed by atoms with Gasteiger partial charge in [-0.1, -0.05) is 61.7 Å². The van der Waals surface area contributed by atoms with Crippen molar-refractivity contribution in [2.45, 2.75) is 59.8 Å². The van der Waals surface area contributed by atoms with Crippen molar-refractivity contribution in [3.8, 4) is 0 Å². The van der Waals surface area contributed by atoms with Crippen LogP contribution in [0.25, 0.3) is 5.57 Å². The van der Waals surface area contributed by atoms with Crippen LogP contribution in [0.4, 0.5) is 4.39 Å². The molecule has 0 aromatic heterocycles. The Kier molecular flexibility index (Phi) is 10.4. The second kappa shape index (κ2) is 12.8. The van der Waals surface area contributed by atoms with Crippen LogP contribution in [0.15, 0.2) is 64.2 Å². The molecule has 0 saturated heterocycles. The van der Waals surface area contributed by atoms with Gasteiger partial charge in [0.2, 0.25) is 0 Å². The van der Waals surface area contributed by atoms with Gasteiger partial charge in [0.15, 0.2) is 0 Å². The molecule has 0 fully saturated rings. The maximum atomic E-state index is 13.8. The normalized spacial score (nSPS) is 21.1. The van der Waals surface area contributed by atoms with E-state index in [-0.39, 0.29) is 5.02 Å². The molecule has 2 nitrogen and oxygen atoms in total. The first-order valence-corrected chi connectivity index (χ1v) is 11.6. The van der Waals surface area contributed by atoms with E-state index in [1.54, 1.807) is 12.1 Å². The predicted octanol–water partition coefficient (Wildman–Crippen LogP) is 7.92. The monoisotopic (exact) mass is 442 g/mol. The van der Waals surface area contributed by atoms with Crippen LogP contribution in [0.2, 0.25) is 5.02 Å². The van der Waals surface area contributed by atoms with Crippen LogP contribution in [0.3, 0.4) is 0 Å². The molecule has 4 heteroatoms. The lowest BCUT2D eigenvalue weighted by molar-refractivity contribution is 0.557. The summed E-state index contributed by atoms with van der Waals surface area (Å²) in [5.74, 6) is 0.238. The minimum absolute atomic E-state index is 0.148. The van der Waals surface area contributed by atoms with Crippen LogP contribution in [0.1, 0.15) is 65.4 Å². The number of aliphatic imine (C=N–C) groups is 1. The average Bonchev–Trinajstić information content (AvgIpc) is 2.73. The molecule has 31 heavy (non-hydrogen) atoms. The molecule has 1 aliphatic rings. The molecule has 0 radical (unpaired) electrons. The summed E-state index contributed by atoms with van der Waals surface area (Å²) in [6.45, 7) is 9.40. The van der Waals surface area contributed by atoms with Crippen LogP contribution in [0, 0.1) is 11.7 Å². The van der Waals surface area contributed by atoms with E-state index in [0.717, 1.165) is 60.1 Å². The molecule has 1 aromatic carbocycles. The molecule has 1 N–H and O–H groups in total. The fraction of sp³-hybridized carbons (Fsp3) is 0.444. The summed E-state index contributed by atoms with van der Waals surface area (Å²) in [5, 5.41) is 3.25. The Morgan fingerprint density at radius 3 is 2.77 bits per heavy atom. The maximum absolute atomic E-state index is 13.8. The standard InChI is InChI=1S/C27H36ClFN2/c1-6-19(2)14-20(3)15-25(21(4)22-12-13-27(29)26(28)17-22)23-10-8-7-9-11-24(16-23)31-18-30-5/h8,10,12-13,15-17,19,30H,6-7,9,11,14,18H2,1-5H3/b10-8-,20-15-,23-16-,25-21-,31-24+. The fourth-order valence-electron chi connectivity index (χ4n) is 3.68. The molecule has 1 atom stereocenters. The smallest absolute Gasteiger partial charge is 0.141 e. The van der Waals surface area contributed by atoms with Crippen molar-refractivity contribution < 1.29 is 4.39 Å². The first kappa shape index (κ1) is 25.3. The van der Waals surface area contributed by atoms with E-state index < -0.39 is 5.82 Å². The number of rotatable bonds is 8. The van der Waals surface area contributed by atoms with Gasteiger partial charge in [0.05, 0.1) is 11.7 Å². The largest absolute Gasteiger partial charge is 0.301 e. The number of hydrogen-bond acceptors (Lipinski definition) is 2. The zero-order valence-corrected chi connectivity index (χ0v) is 20.3. The van der Waals surface area contributed by atoms with Crippen LogP contribution in [0.5, 0.6) is 0 Å². The molecule has 0 aliphatic heterocycles. The summed E-state index contributed by atoms with van der Waals surface area (Å²) in [5.41, 5.74) is 6.72. The molecular weight excluding hydrogens is 407 g/mol. The molecule has 1 aromatic rings. The van der Waals surface area contributed by atoms with Crippen LogP contribution in [-0.4, -0.2) is 19.4 Å². The minimum Gasteiger partial charge on any atom is -0.301 e. The number of halogens is 2. The number of allylic oxidation sites excluding steroid dienone is 8. The van der Waals surface area contributed by atoms with Crippen molar-refractivity contribution >= 4 is 22.9 Å². The Morgan fingerprint density at radius 1 is 1.32 bits per heavy atom. The molecule has 0 amide bonds. The third-order valence-corrected chi connectivity index (χ3v) is 5.98. The average molecular weight is 443 g/mol. The van der Waals surface area contributed by atoms with Crippen LogP contribution < -0.4 is 5.32 Å². The van der Waals surface area contributed by atoms with Gasteiger partial charge in [0, 0.05) is 5.71 Å². The number of hydrogen-bond donors (Lipinski definition) is 1. The Bertz CT molecular complexity index is 906. The molecule has 0 bridgehead atoms. The van der Waals surface area contributed by atoms with E-state index in [1.165, 1.54) is 11.6 Å². The summed E-state index contributed by atoms with van der Waals surface area (Å²) in [6, 6.07) is 4.96. The molecular formula is C27H36ClFN2. The van der Waals surface area contributed by atoms with E-state index in [4.69, 9.17) is 16.6 Å². The van der Waals surface area contributed by atoms with Gasteiger partial charge in [-0.15, -0.1) is 0 Å². The Hall–Kier alpha value is -1.97. The van der Waals surface area contributed by atoms with Gasteiger partial charge in [0.1, 0.15) is 5.82 Å². The van der Waals surface area contributed by atoms with Crippen molar-refractivity contribution in [2.24, 2.45) is 10.9 Å². The highest BCUT2D eigenvalue weighted by molar-refractivity contribution is 6.30. The first-order chi connectivity index (χ1) is 14.8. The van der Waals surface area contributed by atoms with E-state index in [9.17, 15) is 4.39 Å². The lowest BCUT2D eigenvalue weighted by Gasteiger charge is -2.16. The topological polar surface area (TPSA) is 24.4 Å². The molecule has 1 unspecified atom stereocenters.